The van der Waals surface area contributed by atoms with Crippen molar-refractivity contribution in [3.8, 4) is 0 Å². The van der Waals surface area contributed by atoms with E-state index in [0.29, 0.717) is 18.1 Å². The van der Waals surface area contributed by atoms with Gasteiger partial charge >= 0.3 is 0 Å². The molecule has 0 amide bonds. The van der Waals surface area contributed by atoms with Gasteiger partial charge in [0.15, 0.2) is 5.65 Å². The zero-order valence-electron chi connectivity index (χ0n) is 15.7. The Labute approximate surface area is 152 Å². The molecule has 0 atom stereocenters. The number of aryl methyl sites for hydroxylation is 3. The van der Waals surface area contributed by atoms with Crippen LogP contribution >= 0.6 is 0 Å². The third-order valence-corrected chi connectivity index (χ3v) is 6.36. The number of pyridine rings is 1. The van der Waals surface area contributed by atoms with Gasteiger partial charge in [-0.05, 0) is 63.5 Å². The minimum Gasteiger partial charge on any atom is -0.302 e. The van der Waals surface area contributed by atoms with Crippen molar-refractivity contribution in [2.45, 2.75) is 71.3 Å². The van der Waals surface area contributed by atoms with Gasteiger partial charge in [0.25, 0.3) is 5.56 Å². The van der Waals surface area contributed by atoms with Gasteiger partial charge in [-0.1, -0.05) is 13.3 Å². The van der Waals surface area contributed by atoms with E-state index in [0.717, 1.165) is 53.9 Å². The van der Waals surface area contributed by atoms with Gasteiger partial charge in [-0.2, -0.15) is 0 Å². The molecule has 0 unspecified atom stereocenters. The highest BCUT2D eigenvalue weighted by molar-refractivity contribution is 5.75. The molecule has 0 aliphatic heterocycles. The van der Waals surface area contributed by atoms with Gasteiger partial charge in [0.05, 0.1) is 5.52 Å². The summed E-state index contributed by atoms with van der Waals surface area (Å²) >= 11 is 0. The van der Waals surface area contributed by atoms with E-state index in [4.69, 9.17) is 4.98 Å². The number of unbranched alkanes of at least 4 members (excludes halogenated alkanes) is 1. The van der Waals surface area contributed by atoms with E-state index in [1.807, 2.05) is 15.9 Å². The van der Waals surface area contributed by atoms with E-state index in [-0.39, 0.29) is 11.0 Å². The van der Waals surface area contributed by atoms with Crippen LogP contribution in [0.2, 0.25) is 0 Å². The summed E-state index contributed by atoms with van der Waals surface area (Å²) in [6.07, 6.45) is 6.86. The van der Waals surface area contributed by atoms with Gasteiger partial charge in [-0.3, -0.25) is 9.20 Å². The van der Waals surface area contributed by atoms with Crippen molar-refractivity contribution in [1.29, 1.82) is 0 Å². The molecule has 3 aromatic rings. The fraction of sp³-hybridized carbons (Fsp3) is 0.600. The summed E-state index contributed by atoms with van der Waals surface area (Å²) < 4.78 is 3.83. The average molecular weight is 351 g/mol. The van der Waals surface area contributed by atoms with Crippen LogP contribution in [0.4, 0.5) is 0 Å². The van der Waals surface area contributed by atoms with E-state index in [1.165, 1.54) is 12.8 Å². The lowest BCUT2D eigenvalue weighted by atomic mass is 10.00. The zero-order valence-corrected chi connectivity index (χ0v) is 15.7. The Morgan fingerprint density at radius 2 is 1.96 bits per heavy atom. The molecule has 0 N–H and O–H groups in total. The second-order valence-corrected chi connectivity index (χ2v) is 8.16. The monoisotopic (exact) mass is 351 g/mol. The van der Waals surface area contributed by atoms with Gasteiger partial charge in [0.1, 0.15) is 5.82 Å². The summed E-state index contributed by atoms with van der Waals surface area (Å²) in [4.78, 5) is 18.1. The Morgan fingerprint density at radius 1 is 1.19 bits per heavy atom. The Balaban J connectivity index is 1.87. The quantitative estimate of drug-likeness (QED) is 0.707. The highest BCUT2D eigenvalue weighted by atomic mass is 16.1. The molecule has 6 nitrogen and oxygen atoms in total. The van der Waals surface area contributed by atoms with Crippen LogP contribution in [-0.4, -0.2) is 24.1 Å². The van der Waals surface area contributed by atoms with E-state index in [9.17, 15) is 4.79 Å². The average Bonchev–Trinajstić information content (AvgIpc) is 3.53. The second-order valence-electron chi connectivity index (χ2n) is 8.16. The van der Waals surface area contributed by atoms with Gasteiger partial charge in [-0.15, -0.1) is 10.2 Å². The normalized spacial score (nSPS) is 18.7. The molecule has 0 aromatic carbocycles. The molecule has 2 aliphatic rings. The summed E-state index contributed by atoms with van der Waals surface area (Å²) in [7, 11) is 0. The molecular formula is C20H25N5O. The SMILES string of the molecule is CCCCn1c(=O)c2nnc(C3(C4CC4)CC3)n2c2nc(C)c(C)cc21. The molecule has 5 rings (SSSR count). The lowest BCUT2D eigenvalue weighted by molar-refractivity contribution is 0.552. The highest BCUT2D eigenvalue weighted by Crippen LogP contribution is 2.61. The van der Waals surface area contributed by atoms with Crippen LogP contribution in [0, 0.1) is 19.8 Å². The summed E-state index contributed by atoms with van der Waals surface area (Å²) in [5.41, 5.74) is 4.38. The minimum absolute atomic E-state index is 0.0404. The minimum atomic E-state index is -0.0404. The van der Waals surface area contributed by atoms with Crippen LogP contribution < -0.4 is 5.56 Å². The van der Waals surface area contributed by atoms with Crippen LogP contribution in [0.3, 0.4) is 0 Å². The second kappa shape index (κ2) is 5.38. The first kappa shape index (κ1) is 16.0. The van der Waals surface area contributed by atoms with Crippen LogP contribution in [0.15, 0.2) is 10.9 Å². The number of hydrogen-bond donors (Lipinski definition) is 0. The maximum atomic E-state index is 13.2. The van der Waals surface area contributed by atoms with E-state index >= 15 is 0 Å². The molecule has 2 saturated carbocycles. The molecule has 0 saturated heterocycles. The van der Waals surface area contributed by atoms with Crippen LogP contribution in [0.5, 0.6) is 0 Å². The highest BCUT2D eigenvalue weighted by Gasteiger charge is 2.58. The molecule has 6 heteroatoms. The van der Waals surface area contributed by atoms with Crippen LogP contribution in [-0.2, 0) is 12.0 Å². The van der Waals surface area contributed by atoms with Crippen molar-refractivity contribution < 1.29 is 0 Å². The smallest absolute Gasteiger partial charge is 0.296 e. The Bertz CT molecular complexity index is 1090. The Morgan fingerprint density at radius 3 is 2.62 bits per heavy atom. The zero-order chi connectivity index (χ0) is 18.1. The Kier molecular flexibility index (Phi) is 3.30. The maximum Gasteiger partial charge on any atom is 0.296 e. The van der Waals surface area contributed by atoms with Crippen molar-refractivity contribution in [1.82, 2.24) is 24.1 Å². The number of hydrogen-bond acceptors (Lipinski definition) is 4. The molecule has 2 fully saturated rings. The number of rotatable bonds is 5. The first-order chi connectivity index (χ1) is 12.6. The standard InChI is InChI=1S/C20H25N5O/c1-4-5-10-24-15-11-12(2)13(3)21-16(15)25-17(18(24)26)22-23-19(25)20(8-9-20)14-6-7-14/h11,14H,4-10H2,1-3H3. The predicted octanol–water partition coefficient (Wildman–Crippen LogP) is 3.30. The van der Waals surface area contributed by atoms with E-state index < -0.39 is 0 Å². The first-order valence-corrected chi connectivity index (χ1v) is 9.83. The van der Waals surface area contributed by atoms with Crippen molar-refractivity contribution in [2.24, 2.45) is 5.92 Å². The largest absolute Gasteiger partial charge is 0.302 e. The van der Waals surface area contributed by atoms with Crippen molar-refractivity contribution in [2.75, 3.05) is 0 Å². The number of nitrogens with zero attached hydrogens (tertiary/aromatic N) is 5. The molecule has 26 heavy (non-hydrogen) atoms. The molecule has 136 valence electrons. The van der Waals surface area contributed by atoms with Crippen molar-refractivity contribution >= 4 is 16.8 Å². The van der Waals surface area contributed by atoms with Gasteiger partial charge in [0.2, 0.25) is 5.65 Å². The molecule has 0 bridgehead atoms. The number of aromatic nitrogens is 5. The van der Waals surface area contributed by atoms with E-state index in [1.54, 1.807) is 0 Å². The van der Waals surface area contributed by atoms with Crippen molar-refractivity contribution in [3.63, 3.8) is 0 Å². The fourth-order valence-electron chi connectivity index (χ4n) is 4.34. The lowest BCUT2D eigenvalue weighted by Gasteiger charge is -2.16. The topological polar surface area (TPSA) is 65.1 Å². The predicted molar refractivity (Wildman–Crippen MR) is 101 cm³/mol. The molecular weight excluding hydrogens is 326 g/mol. The van der Waals surface area contributed by atoms with E-state index in [2.05, 4.69) is 30.1 Å². The Hall–Kier alpha value is -2.24. The third-order valence-electron chi connectivity index (χ3n) is 6.36. The summed E-state index contributed by atoms with van der Waals surface area (Å²) in [6.45, 7) is 6.92. The first-order valence-electron chi connectivity index (χ1n) is 9.83. The molecule has 0 spiro atoms. The molecule has 3 aromatic heterocycles. The fourth-order valence-corrected chi connectivity index (χ4v) is 4.34. The van der Waals surface area contributed by atoms with Gasteiger partial charge in [0, 0.05) is 17.7 Å². The van der Waals surface area contributed by atoms with Crippen LogP contribution in [0.1, 0.15) is 62.5 Å². The van der Waals surface area contributed by atoms with Gasteiger partial charge in [-0.25, -0.2) is 4.98 Å². The lowest BCUT2D eigenvalue weighted by Crippen LogP contribution is -2.25. The van der Waals surface area contributed by atoms with Gasteiger partial charge < -0.3 is 4.57 Å². The third kappa shape index (κ3) is 2.10. The maximum absolute atomic E-state index is 13.2. The van der Waals surface area contributed by atoms with Crippen LogP contribution in [0.25, 0.3) is 16.8 Å². The molecule has 3 heterocycles. The number of fused-ring (bicyclic) bond motifs is 3. The summed E-state index contributed by atoms with van der Waals surface area (Å²) in [5, 5.41) is 8.88. The van der Waals surface area contributed by atoms with Crippen molar-refractivity contribution in [3.05, 3.63) is 33.5 Å². The summed E-state index contributed by atoms with van der Waals surface area (Å²) in [5.74, 6) is 1.68. The molecule has 0 radical (unpaired) electrons. The summed E-state index contributed by atoms with van der Waals surface area (Å²) in [6, 6.07) is 2.11. The molecule has 2 aliphatic carbocycles.